The fraction of sp³-hybridized carbons (Fsp3) is 0.886. The Morgan fingerprint density at radius 3 is 1.00 bits per heavy atom. The average Bonchev–Trinajstić information content (AvgIpc) is 3.42. The molecular weight excluding hydrogens is 1010 g/mol. The Kier molecular flexibility index (Phi) is 60.4. The topological polar surface area (TPSA) is 111 Å². The van der Waals surface area contributed by atoms with E-state index in [0.717, 1.165) is 44.9 Å². The zero-order valence-corrected chi connectivity index (χ0v) is 54.7. The molecule has 0 aromatic rings. The highest BCUT2D eigenvalue weighted by atomic mass is 31.2. The second kappa shape index (κ2) is 61.8. The van der Waals surface area contributed by atoms with Crippen LogP contribution in [0.25, 0.3) is 0 Å². The summed E-state index contributed by atoms with van der Waals surface area (Å²) in [6, 6.07) is 0. The molecule has 0 amide bonds. The van der Waals surface area contributed by atoms with Gasteiger partial charge in [-0.2, -0.15) is 0 Å². The van der Waals surface area contributed by atoms with E-state index in [1.165, 1.54) is 270 Å². The lowest BCUT2D eigenvalue weighted by Gasteiger charge is -2.28. The molecule has 80 heavy (non-hydrogen) atoms. The van der Waals surface area contributed by atoms with Gasteiger partial charge in [-0.3, -0.25) is 14.2 Å². The number of phosphoric acid groups is 1. The molecule has 2 atom stereocenters. The highest BCUT2D eigenvalue weighted by molar-refractivity contribution is 7.45. The Labute approximate surface area is 497 Å². The van der Waals surface area contributed by atoms with Gasteiger partial charge in [0.2, 0.25) is 0 Å². The minimum absolute atomic E-state index is 0.0269. The molecule has 10 heteroatoms. The number of rotatable bonds is 65. The van der Waals surface area contributed by atoms with Crippen molar-refractivity contribution in [3.63, 3.8) is 0 Å². The van der Waals surface area contributed by atoms with Crippen molar-refractivity contribution in [2.75, 3.05) is 47.5 Å². The van der Waals surface area contributed by atoms with Gasteiger partial charge in [-0.05, 0) is 51.4 Å². The van der Waals surface area contributed by atoms with Crippen LogP contribution >= 0.6 is 7.82 Å². The van der Waals surface area contributed by atoms with E-state index in [-0.39, 0.29) is 32.0 Å². The summed E-state index contributed by atoms with van der Waals surface area (Å²) in [6.07, 6.45) is 78.2. The van der Waals surface area contributed by atoms with Gasteiger partial charge in [-0.25, -0.2) is 0 Å². The Morgan fingerprint density at radius 1 is 0.388 bits per heavy atom. The van der Waals surface area contributed by atoms with Crippen molar-refractivity contribution < 1.29 is 42.1 Å². The van der Waals surface area contributed by atoms with Gasteiger partial charge in [0.05, 0.1) is 27.7 Å². The van der Waals surface area contributed by atoms with Crippen LogP contribution in [0.4, 0.5) is 0 Å². The predicted molar refractivity (Wildman–Crippen MR) is 342 cm³/mol. The zero-order valence-electron chi connectivity index (χ0n) is 53.8. The van der Waals surface area contributed by atoms with Crippen LogP contribution in [-0.4, -0.2) is 70.0 Å². The summed E-state index contributed by atoms with van der Waals surface area (Å²) in [6.45, 7) is 4.28. The number of ether oxygens (including phenoxy) is 2. The smallest absolute Gasteiger partial charge is 0.306 e. The molecule has 0 aliphatic heterocycles. The number of nitrogens with zero attached hydrogens (tertiary/aromatic N) is 1. The Bertz CT molecular complexity index is 1440. The molecule has 0 aromatic heterocycles. The maximum Gasteiger partial charge on any atom is 0.306 e. The van der Waals surface area contributed by atoms with Gasteiger partial charge in [-0.15, -0.1) is 0 Å². The number of likely N-dealkylation sites (N-methyl/N-ethyl adjacent to an activating group) is 1. The molecule has 0 bridgehead atoms. The van der Waals surface area contributed by atoms with Crippen molar-refractivity contribution in [2.45, 2.75) is 354 Å². The molecule has 0 fully saturated rings. The second-order valence-electron chi connectivity index (χ2n) is 24.9. The molecule has 0 saturated heterocycles. The third-order valence-electron chi connectivity index (χ3n) is 15.7. The summed E-state index contributed by atoms with van der Waals surface area (Å²) in [7, 11) is 1.19. The number of hydrogen-bond donors (Lipinski definition) is 0. The third-order valence-corrected chi connectivity index (χ3v) is 16.6. The Morgan fingerprint density at radius 2 is 0.675 bits per heavy atom. The maximum atomic E-state index is 12.8. The van der Waals surface area contributed by atoms with E-state index in [1.54, 1.807) is 0 Å². The summed E-state index contributed by atoms with van der Waals surface area (Å²) < 4.78 is 34.2. The first kappa shape index (κ1) is 78.2. The van der Waals surface area contributed by atoms with E-state index in [4.69, 9.17) is 18.5 Å². The largest absolute Gasteiger partial charge is 0.756 e. The molecule has 0 heterocycles. The molecule has 0 radical (unpaired) electrons. The molecule has 0 aliphatic carbocycles. The van der Waals surface area contributed by atoms with Gasteiger partial charge in [0, 0.05) is 12.8 Å². The highest BCUT2D eigenvalue weighted by Gasteiger charge is 2.22. The first-order chi connectivity index (χ1) is 39.0. The highest BCUT2D eigenvalue weighted by Crippen LogP contribution is 2.38. The van der Waals surface area contributed by atoms with Crippen molar-refractivity contribution in [3.05, 3.63) is 36.5 Å². The fourth-order valence-corrected chi connectivity index (χ4v) is 11.0. The van der Waals surface area contributed by atoms with Gasteiger partial charge in [0.1, 0.15) is 19.8 Å². The number of hydrogen-bond acceptors (Lipinski definition) is 8. The van der Waals surface area contributed by atoms with Crippen LogP contribution in [0.2, 0.25) is 0 Å². The molecule has 9 nitrogen and oxygen atoms in total. The van der Waals surface area contributed by atoms with E-state index in [2.05, 4.69) is 50.3 Å². The van der Waals surface area contributed by atoms with Crippen molar-refractivity contribution >= 4 is 19.8 Å². The molecule has 0 spiro atoms. The molecule has 0 aromatic carbocycles. The average molecular weight is 1150 g/mol. The first-order valence-electron chi connectivity index (χ1n) is 34.7. The zero-order chi connectivity index (χ0) is 58.4. The molecular formula is C70H134NO8P. The van der Waals surface area contributed by atoms with Crippen LogP contribution in [-0.2, 0) is 32.7 Å². The number of allylic oxidation sites excluding steroid dienone is 6. The van der Waals surface area contributed by atoms with E-state index in [9.17, 15) is 19.0 Å². The van der Waals surface area contributed by atoms with E-state index in [1.807, 2.05) is 21.1 Å². The van der Waals surface area contributed by atoms with Crippen molar-refractivity contribution in [1.29, 1.82) is 0 Å². The molecule has 0 N–H and O–H groups in total. The van der Waals surface area contributed by atoms with Crippen molar-refractivity contribution in [2.24, 2.45) is 0 Å². The molecule has 2 unspecified atom stereocenters. The first-order valence-corrected chi connectivity index (χ1v) is 36.2. The van der Waals surface area contributed by atoms with E-state index in [0.29, 0.717) is 17.4 Å². The minimum Gasteiger partial charge on any atom is -0.756 e. The van der Waals surface area contributed by atoms with Gasteiger partial charge in [0.25, 0.3) is 7.82 Å². The van der Waals surface area contributed by atoms with Gasteiger partial charge >= 0.3 is 11.9 Å². The molecule has 0 saturated carbocycles. The Balaban J connectivity index is 3.85. The fourth-order valence-electron chi connectivity index (χ4n) is 10.3. The normalized spacial score (nSPS) is 13.3. The molecule has 472 valence electrons. The Hall–Kier alpha value is -1.77. The molecule has 0 aliphatic rings. The SMILES string of the molecule is CCCCCCC/C=C\C/C=C\C/C=C\CCCCCCCCCCCCCCCCCCCCCCCCCCCCC(=O)OC(COC(=O)CCCCCCCCCCCCCCCCC)COP(=O)([O-])OCC[N+](C)(C)C. The lowest BCUT2D eigenvalue weighted by atomic mass is 10.0. The minimum atomic E-state index is -4.63. The quantitative estimate of drug-likeness (QED) is 0.0195. The van der Waals surface area contributed by atoms with Crippen LogP contribution in [0.15, 0.2) is 36.5 Å². The summed E-state index contributed by atoms with van der Waals surface area (Å²) in [4.78, 5) is 37.9. The van der Waals surface area contributed by atoms with Gasteiger partial charge < -0.3 is 27.9 Å². The van der Waals surface area contributed by atoms with E-state index < -0.39 is 26.5 Å². The van der Waals surface area contributed by atoms with Crippen LogP contribution in [0, 0.1) is 0 Å². The lowest BCUT2D eigenvalue weighted by Crippen LogP contribution is -2.37. The monoisotopic (exact) mass is 1150 g/mol. The number of quaternary nitrogens is 1. The van der Waals surface area contributed by atoms with E-state index >= 15 is 0 Å². The number of esters is 2. The summed E-state index contributed by atoms with van der Waals surface area (Å²) in [5.41, 5.74) is 0. The van der Waals surface area contributed by atoms with Gasteiger partial charge in [-0.1, -0.05) is 320 Å². The lowest BCUT2D eigenvalue weighted by molar-refractivity contribution is -0.870. The number of carbonyl (C=O) groups excluding carboxylic acids is 2. The van der Waals surface area contributed by atoms with Gasteiger partial charge in [0.15, 0.2) is 6.10 Å². The summed E-state index contributed by atoms with van der Waals surface area (Å²) >= 11 is 0. The number of unbranched alkanes of at least 4 members (excludes halogenated alkanes) is 45. The standard InChI is InChI=1S/C70H134NO8P/c1-6-8-10-12-14-16-18-20-22-23-24-25-26-27-28-29-30-31-32-33-34-35-36-37-38-39-40-41-42-43-44-45-46-47-49-51-53-55-57-59-61-63-70(73)79-68(67-78-80(74,75)77-65-64-71(3,4)5)66-76-69(72)62-60-58-56-54-52-50-48-21-19-17-15-13-11-9-7-2/h18,20,23-24,26-27,68H,6-17,19,21-22,25,28-67H2,1-5H3/b20-18-,24-23-,27-26-. The van der Waals surface area contributed by atoms with Crippen LogP contribution < -0.4 is 4.89 Å². The van der Waals surface area contributed by atoms with Crippen LogP contribution in [0.5, 0.6) is 0 Å². The van der Waals surface area contributed by atoms with Crippen LogP contribution in [0.1, 0.15) is 348 Å². The number of phosphoric ester groups is 1. The summed E-state index contributed by atoms with van der Waals surface area (Å²) in [5.74, 6) is -0.812. The van der Waals surface area contributed by atoms with Crippen molar-refractivity contribution in [3.8, 4) is 0 Å². The van der Waals surface area contributed by atoms with Crippen LogP contribution in [0.3, 0.4) is 0 Å². The third kappa shape index (κ3) is 65.4. The predicted octanol–water partition coefficient (Wildman–Crippen LogP) is 21.6. The van der Waals surface area contributed by atoms with Crippen molar-refractivity contribution in [1.82, 2.24) is 0 Å². The number of carbonyl (C=O) groups is 2. The second-order valence-corrected chi connectivity index (χ2v) is 26.3. The summed E-state index contributed by atoms with van der Waals surface area (Å²) in [5, 5.41) is 0. The maximum absolute atomic E-state index is 12.8. The molecule has 0 rings (SSSR count).